The molecular formula is C32H40FN3O4S. The molecule has 0 saturated heterocycles. The first-order chi connectivity index (χ1) is 19.5. The maximum absolute atomic E-state index is 14.5. The number of hydrogen-bond acceptors (Lipinski definition) is 4. The summed E-state index contributed by atoms with van der Waals surface area (Å²) in [6, 6.07) is 22.2. The molecule has 2 amide bonds. The Morgan fingerprint density at radius 3 is 2.22 bits per heavy atom. The van der Waals surface area contributed by atoms with Crippen molar-refractivity contribution < 1.29 is 22.4 Å². The zero-order valence-electron chi connectivity index (χ0n) is 24.2. The van der Waals surface area contributed by atoms with Gasteiger partial charge in [-0.1, -0.05) is 86.1 Å². The molecule has 0 unspecified atom stereocenters. The van der Waals surface area contributed by atoms with Crippen LogP contribution >= 0.6 is 0 Å². The number of carbonyl (C=O) groups is 2. The van der Waals surface area contributed by atoms with Gasteiger partial charge in [-0.3, -0.25) is 13.9 Å². The Labute approximate surface area is 243 Å². The van der Waals surface area contributed by atoms with Crippen LogP contribution in [0.25, 0.3) is 0 Å². The van der Waals surface area contributed by atoms with Gasteiger partial charge in [0.2, 0.25) is 21.8 Å². The van der Waals surface area contributed by atoms with Crippen molar-refractivity contribution in [1.82, 2.24) is 10.2 Å². The number of carbonyl (C=O) groups excluding carboxylic acids is 2. The molecule has 1 N–H and O–H groups in total. The summed E-state index contributed by atoms with van der Waals surface area (Å²) < 4.78 is 40.5. The Morgan fingerprint density at radius 1 is 0.927 bits per heavy atom. The Balaban J connectivity index is 1.89. The van der Waals surface area contributed by atoms with Crippen molar-refractivity contribution in [3.05, 3.63) is 101 Å². The van der Waals surface area contributed by atoms with Crippen molar-refractivity contribution >= 4 is 27.5 Å². The molecule has 3 rings (SSSR count). The van der Waals surface area contributed by atoms with E-state index in [2.05, 4.69) is 5.32 Å². The number of amides is 2. The van der Waals surface area contributed by atoms with Crippen molar-refractivity contribution in [3.63, 3.8) is 0 Å². The molecular weight excluding hydrogens is 541 g/mol. The summed E-state index contributed by atoms with van der Waals surface area (Å²) >= 11 is 0. The van der Waals surface area contributed by atoms with Gasteiger partial charge in [-0.05, 0) is 42.5 Å². The summed E-state index contributed by atoms with van der Waals surface area (Å²) in [6.07, 6.45) is 1.47. The van der Waals surface area contributed by atoms with Gasteiger partial charge in [-0.2, -0.15) is 0 Å². The van der Waals surface area contributed by atoms with Crippen LogP contribution in [0.3, 0.4) is 0 Å². The maximum atomic E-state index is 14.5. The zero-order chi connectivity index (χ0) is 30.0. The second-order valence-electron chi connectivity index (χ2n) is 10.7. The molecule has 0 heterocycles. The van der Waals surface area contributed by atoms with E-state index < -0.39 is 21.9 Å². The van der Waals surface area contributed by atoms with Crippen LogP contribution < -0.4 is 9.62 Å². The van der Waals surface area contributed by atoms with Gasteiger partial charge >= 0.3 is 0 Å². The van der Waals surface area contributed by atoms with Gasteiger partial charge in [0.15, 0.2) is 0 Å². The highest BCUT2D eigenvalue weighted by atomic mass is 32.2. The van der Waals surface area contributed by atoms with E-state index in [1.165, 1.54) is 18.2 Å². The Hall–Kier alpha value is -3.72. The number of sulfonamides is 1. The number of hydrogen-bond donors (Lipinski definition) is 1. The summed E-state index contributed by atoms with van der Waals surface area (Å²) in [6.45, 7) is 6.59. The first-order valence-electron chi connectivity index (χ1n) is 13.8. The lowest BCUT2D eigenvalue weighted by atomic mass is 10.0. The zero-order valence-corrected chi connectivity index (χ0v) is 25.0. The van der Waals surface area contributed by atoms with Crippen LogP contribution in [0.1, 0.15) is 43.4 Å². The van der Waals surface area contributed by atoms with Crippen molar-refractivity contribution in [3.8, 4) is 0 Å². The van der Waals surface area contributed by atoms with Gasteiger partial charge in [0, 0.05) is 32.5 Å². The summed E-state index contributed by atoms with van der Waals surface area (Å²) in [4.78, 5) is 29.0. The molecule has 0 fully saturated rings. The van der Waals surface area contributed by atoms with E-state index in [1.807, 2.05) is 75.4 Å². The molecule has 0 aliphatic heterocycles. The minimum atomic E-state index is -3.79. The summed E-state index contributed by atoms with van der Waals surface area (Å²) in [5.74, 6) is -0.950. The normalized spacial score (nSPS) is 12.1. The quantitative estimate of drug-likeness (QED) is 0.287. The van der Waals surface area contributed by atoms with E-state index in [0.29, 0.717) is 13.0 Å². The highest BCUT2D eigenvalue weighted by molar-refractivity contribution is 7.92. The van der Waals surface area contributed by atoms with Crippen molar-refractivity contribution in [1.29, 1.82) is 0 Å². The monoisotopic (exact) mass is 581 g/mol. The average Bonchev–Trinajstić information content (AvgIpc) is 2.92. The summed E-state index contributed by atoms with van der Waals surface area (Å²) in [5.41, 5.74) is 2.78. The Kier molecular flexibility index (Phi) is 11.5. The highest BCUT2D eigenvalue weighted by Crippen LogP contribution is 2.23. The topological polar surface area (TPSA) is 86.8 Å². The standard InChI is InChI=1S/C32H40FN3O4S/c1-24(2)22-34-32(38)30(21-26-13-6-5-7-14-26)35(23-27-15-10-12-25(3)20-27)31(37)18-11-19-36(41(4,39)40)29-17-9-8-16-28(29)33/h5-10,12-17,20,24,30H,11,18-19,21-23H2,1-4H3,(H,34,38)/t30-/m0/s1. The molecule has 41 heavy (non-hydrogen) atoms. The third kappa shape index (κ3) is 9.70. The first-order valence-corrected chi connectivity index (χ1v) is 15.7. The Bertz CT molecular complexity index is 1410. The molecule has 0 saturated carbocycles. The van der Waals surface area contributed by atoms with Gasteiger partial charge in [-0.15, -0.1) is 0 Å². The predicted octanol–water partition coefficient (Wildman–Crippen LogP) is 5.09. The molecule has 220 valence electrons. The van der Waals surface area contributed by atoms with Crippen LogP contribution in [-0.2, 0) is 32.6 Å². The Morgan fingerprint density at radius 2 is 1.59 bits per heavy atom. The number of rotatable bonds is 14. The fourth-order valence-electron chi connectivity index (χ4n) is 4.62. The lowest BCUT2D eigenvalue weighted by Gasteiger charge is -2.32. The third-order valence-corrected chi connectivity index (χ3v) is 7.84. The van der Waals surface area contributed by atoms with Crippen molar-refractivity contribution in [2.45, 2.75) is 52.6 Å². The van der Waals surface area contributed by atoms with Gasteiger partial charge in [0.25, 0.3) is 0 Å². The number of nitrogens with one attached hydrogen (secondary N) is 1. The number of halogens is 1. The highest BCUT2D eigenvalue weighted by Gasteiger charge is 2.30. The molecule has 3 aromatic rings. The molecule has 9 heteroatoms. The van der Waals surface area contributed by atoms with Gasteiger partial charge in [0.05, 0.1) is 11.9 Å². The largest absolute Gasteiger partial charge is 0.354 e. The predicted molar refractivity (Wildman–Crippen MR) is 161 cm³/mol. The number of benzene rings is 3. The maximum Gasteiger partial charge on any atom is 0.243 e. The second-order valence-corrected chi connectivity index (χ2v) is 12.7. The molecule has 0 radical (unpaired) electrons. The van der Waals surface area contributed by atoms with Crippen LogP contribution in [0, 0.1) is 18.7 Å². The number of para-hydroxylation sites is 1. The summed E-state index contributed by atoms with van der Waals surface area (Å²) in [7, 11) is -3.79. The fraction of sp³-hybridized carbons (Fsp3) is 0.375. The lowest BCUT2D eigenvalue weighted by molar-refractivity contribution is -0.141. The van der Waals surface area contributed by atoms with Crippen molar-refractivity contribution in [2.75, 3.05) is 23.7 Å². The van der Waals surface area contributed by atoms with Crippen LogP contribution in [0.4, 0.5) is 10.1 Å². The van der Waals surface area contributed by atoms with E-state index in [0.717, 1.165) is 27.3 Å². The molecule has 3 aromatic carbocycles. The number of aryl methyl sites for hydroxylation is 1. The van der Waals surface area contributed by atoms with E-state index in [1.54, 1.807) is 11.0 Å². The SMILES string of the molecule is Cc1cccc(CN(C(=O)CCCN(c2ccccc2F)S(C)(=O)=O)[C@@H](Cc2ccccc2)C(=O)NCC(C)C)c1. The molecule has 0 aromatic heterocycles. The minimum Gasteiger partial charge on any atom is -0.354 e. The second kappa shape index (κ2) is 14.8. The van der Waals surface area contributed by atoms with Crippen molar-refractivity contribution in [2.24, 2.45) is 5.92 Å². The molecule has 0 aliphatic rings. The van der Waals surface area contributed by atoms with E-state index >= 15 is 0 Å². The number of anilines is 1. The number of nitrogens with zero attached hydrogens (tertiary/aromatic N) is 2. The smallest absolute Gasteiger partial charge is 0.243 e. The van der Waals surface area contributed by atoms with E-state index in [9.17, 15) is 22.4 Å². The van der Waals surface area contributed by atoms with Gasteiger partial charge < -0.3 is 10.2 Å². The lowest BCUT2D eigenvalue weighted by Crippen LogP contribution is -2.51. The van der Waals surface area contributed by atoms with Crippen LogP contribution in [-0.4, -0.2) is 50.5 Å². The molecule has 0 bridgehead atoms. The fourth-order valence-corrected chi connectivity index (χ4v) is 5.59. The van der Waals surface area contributed by atoms with Gasteiger partial charge in [-0.25, -0.2) is 12.8 Å². The molecule has 0 aliphatic carbocycles. The van der Waals surface area contributed by atoms with Gasteiger partial charge in [0.1, 0.15) is 11.9 Å². The van der Waals surface area contributed by atoms with Crippen LogP contribution in [0.15, 0.2) is 78.9 Å². The van der Waals surface area contributed by atoms with E-state index in [-0.39, 0.29) is 49.4 Å². The van der Waals surface area contributed by atoms with Crippen LogP contribution in [0.2, 0.25) is 0 Å². The molecule has 0 spiro atoms. The summed E-state index contributed by atoms with van der Waals surface area (Å²) in [5, 5.41) is 2.99. The minimum absolute atomic E-state index is 0.0188. The van der Waals surface area contributed by atoms with Crippen LogP contribution in [0.5, 0.6) is 0 Å². The molecule has 7 nitrogen and oxygen atoms in total. The average molecular weight is 582 g/mol. The van der Waals surface area contributed by atoms with E-state index in [4.69, 9.17) is 0 Å². The molecule has 1 atom stereocenters. The third-order valence-electron chi connectivity index (χ3n) is 6.66. The first kappa shape index (κ1) is 31.8.